The van der Waals surface area contributed by atoms with Crippen LogP contribution in [-0.2, 0) is 66.3 Å². The highest BCUT2D eigenvalue weighted by Gasteiger charge is 2.13. The van der Waals surface area contributed by atoms with Crippen LogP contribution in [0.2, 0.25) is 0 Å². The van der Waals surface area contributed by atoms with Gasteiger partial charge in [-0.15, -0.1) is 0 Å². The number of ether oxygens (including phenoxy) is 14. The lowest BCUT2D eigenvalue weighted by atomic mass is 10.2. The highest BCUT2D eigenvalue weighted by molar-refractivity contribution is 4.53. The van der Waals surface area contributed by atoms with Crippen molar-refractivity contribution in [2.75, 3.05) is 172 Å². The van der Waals surface area contributed by atoms with Crippen LogP contribution in [0.1, 0.15) is 58.3 Å². The van der Waals surface area contributed by atoms with E-state index in [1.54, 1.807) is 0 Å². The zero-order valence-electron chi connectivity index (χ0n) is 31.3. The van der Waals surface area contributed by atoms with Gasteiger partial charge in [-0.2, -0.15) is 0 Å². The van der Waals surface area contributed by atoms with Gasteiger partial charge in [-0.1, -0.05) is 32.6 Å². The predicted octanol–water partition coefficient (Wildman–Crippen LogP) is 3.70. The molecule has 50 heavy (non-hydrogen) atoms. The van der Waals surface area contributed by atoms with Gasteiger partial charge in [-0.25, -0.2) is 0 Å². The lowest BCUT2D eigenvalue weighted by Gasteiger charge is -2.22. The number of hydrogen-bond acceptors (Lipinski definition) is 14. The molecule has 14 heteroatoms. The normalized spacial score (nSPS) is 14.9. The maximum atomic E-state index is 5.61. The average molecular weight is 729 g/mol. The summed E-state index contributed by atoms with van der Waals surface area (Å²) < 4.78 is 77.2. The molecule has 0 N–H and O–H groups in total. The zero-order valence-corrected chi connectivity index (χ0v) is 31.3. The Morgan fingerprint density at radius 2 is 0.640 bits per heavy atom. The molecule has 1 atom stereocenters. The Bertz CT molecular complexity index is 615. The van der Waals surface area contributed by atoms with Crippen LogP contribution in [0.5, 0.6) is 0 Å². The molecule has 0 aromatic rings. The third kappa shape index (κ3) is 38.7. The standard InChI is InChI=1S/C36H72O14/c1-2-3-4-5-7-10-37-12-13-38-14-15-39-16-17-40-18-19-41-20-21-42-22-23-43-24-25-44-26-27-45-28-29-46-30-31-47-32-33-48-34-35-50-36-9-6-8-11-49-36/h36H,2-35H2,1H3. The quantitative estimate of drug-likeness (QED) is 0.0847. The molecule has 300 valence electrons. The monoisotopic (exact) mass is 728 g/mol. The van der Waals surface area contributed by atoms with Gasteiger partial charge in [0.15, 0.2) is 6.29 Å². The molecule has 1 aliphatic rings. The Balaban J connectivity index is 1.59. The van der Waals surface area contributed by atoms with Gasteiger partial charge in [0.1, 0.15) is 0 Å². The Hall–Kier alpha value is -0.560. The van der Waals surface area contributed by atoms with Crippen molar-refractivity contribution in [3.05, 3.63) is 0 Å². The third-order valence-electron chi connectivity index (χ3n) is 7.15. The largest absolute Gasteiger partial charge is 0.379 e. The maximum absolute atomic E-state index is 5.61. The Labute approximate surface area is 302 Å². The van der Waals surface area contributed by atoms with Crippen molar-refractivity contribution in [2.24, 2.45) is 0 Å². The SMILES string of the molecule is CCCCCCCOCCOCCOCCOCCOCCOCCOCCOCCOCCOCCOCCOCCOC1CCCCO1. The Kier molecular flexibility index (Phi) is 40.7. The molecule has 0 radical (unpaired) electrons. The molecule has 0 spiro atoms. The first kappa shape index (κ1) is 47.5. The summed E-state index contributed by atoms with van der Waals surface area (Å²) in [4.78, 5) is 0. The molecule has 0 amide bonds. The summed E-state index contributed by atoms with van der Waals surface area (Å²) in [6.07, 6.45) is 9.47. The van der Waals surface area contributed by atoms with E-state index in [2.05, 4.69) is 6.92 Å². The predicted molar refractivity (Wildman–Crippen MR) is 188 cm³/mol. The van der Waals surface area contributed by atoms with Gasteiger partial charge in [0.25, 0.3) is 0 Å². The van der Waals surface area contributed by atoms with E-state index in [0.717, 1.165) is 32.5 Å². The summed E-state index contributed by atoms with van der Waals surface area (Å²) in [6.45, 7) is 16.7. The van der Waals surface area contributed by atoms with Crippen LogP contribution in [0.25, 0.3) is 0 Å². The lowest BCUT2D eigenvalue weighted by Crippen LogP contribution is -2.24. The number of hydrogen-bond donors (Lipinski definition) is 0. The van der Waals surface area contributed by atoms with Gasteiger partial charge >= 0.3 is 0 Å². The molecule has 0 aromatic heterocycles. The topological polar surface area (TPSA) is 129 Å². The fourth-order valence-electron chi connectivity index (χ4n) is 4.41. The van der Waals surface area contributed by atoms with Crippen LogP contribution in [0.3, 0.4) is 0 Å². The molecule has 1 saturated heterocycles. The first-order valence-electron chi connectivity index (χ1n) is 19.1. The summed E-state index contributed by atoms with van der Waals surface area (Å²) in [5.41, 5.74) is 0. The van der Waals surface area contributed by atoms with E-state index >= 15 is 0 Å². The third-order valence-corrected chi connectivity index (χ3v) is 7.15. The minimum atomic E-state index is -0.0655. The van der Waals surface area contributed by atoms with Crippen molar-refractivity contribution in [3.8, 4) is 0 Å². The van der Waals surface area contributed by atoms with Gasteiger partial charge in [-0.3, -0.25) is 0 Å². The molecular weight excluding hydrogens is 656 g/mol. The molecule has 0 bridgehead atoms. The summed E-state index contributed by atoms with van der Waals surface area (Å²) in [7, 11) is 0. The molecule has 14 nitrogen and oxygen atoms in total. The van der Waals surface area contributed by atoms with E-state index in [1.165, 1.54) is 32.1 Å². The van der Waals surface area contributed by atoms with E-state index in [9.17, 15) is 0 Å². The Morgan fingerprint density at radius 3 is 0.940 bits per heavy atom. The first-order valence-corrected chi connectivity index (χ1v) is 19.1. The van der Waals surface area contributed by atoms with Crippen molar-refractivity contribution >= 4 is 0 Å². The fraction of sp³-hybridized carbons (Fsp3) is 1.00. The smallest absolute Gasteiger partial charge is 0.157 e. The fourth-order valence-corrected chi connectivity index (χ4v) is 4.41. The zero-order chi connectivity index (χ0) is 35.5. The van der Waals surface area contributed by atoms with Crippen molar-refractivity contribution in [1.82, 2.24) is 0 Å². The molecule has 0 aliphatic carbocycles. The van der Waals surface area contributed by atoms with Gasteiger partial charge in [0.05, 0.1) is 159 Å². The second-order valence-corrected chi connectivity index (χ2v) is 11.4. The van der Waals surface area contributed by atoms with Crippen molar-refractivity contribution in [2.45, 2.75) is 64.6 Å². The second kappa shape index (κ2) is 42.8. The van der Waals surface area contributed by atoms with Gasteiger partial charge < -0.3 is 66.3 Å². The van der Waals surface area contributed by atoms with Gasteiger partial charge in [0.2, 0.25) is 0 Å². The molecule has 1 fully saturated rings. The second-order valence-electron chi connectivity index (χ2n) is 11.4. The van der Waals surface area contributed by atoms with Crippen molar-refractivity contribution in [1.29, 1.82) is 0 Å². The minimum absolute atomic E-state index is 0.0655. The van der Waals surface area contributed by atoms with Crippen LogP contribution >= 0.6 is 0 Å². The molecule has 0 aromatic carbocycles. The molecular formula is C36H72O14. The van der Waals surface area contributed by atoms with Crippen LogP contribution in [0.4, 0.5) is 0 Å². The highest BCUT2D eigenvalue weighted by Crippen LogP contribution is 2.13. The van der Waals surface area contributed by atoms with Crippen molar-refractivity contribution in [3.63, 3.8) is 0 Å². The summed E-state index contributed by atoms with van der Waals surface area (Å²) >= 11 is 0. The Morgan fingerprint density at radius 1 is 0.340 bits per heavy atom. The van der Waals surface area contributed by atoms with Gasteiger partial charge in [-0.05, 0) is 25.7 Å². The van der Waals surface area contributed by atoms with Crippen LogP contribution < -0.4 is 0 Å². The van der Waals surface area contributed by atoms with Crippen LogP contribution in [0.15, 0.2) is 0 Å². The number of unbranched alkanes of at least 4 members (excludes halogenated alkanes) is 4. The van der Waals surface area contributed by atoms with Crippen molar-refractivity contribution < 1.29 is 66.3 Å². The summed E-state index contributed by atoms with van der Waals surface area (Å²) in [5, 5.41) is 0. The van der Waals surface area contributed by atoms with E-state index in [1.807, 2.05) is 0 Å². The first-order chi connectivity index (χ1) is 24.9. The lowest BCUT2D eigenvalue weighted by molar-refractivity contribution is -0.169. The van der Waals surface area contributed by atoms with E-state index < -0.39 is 0 Å². The van der Waals surface area contributed by atoms with Crippen LogP contribution in [-0.4, -0.2) is 178 Å². The van der Waals surface area contributed by atoms with E-state index in [-0.39, 0.29) is 6.29 Å². The van der Waals surface area contributed by atoms with Crippen LogP contribution in [0, 0.1) is 0 Å². The van der Waals surface area contributed by atoms with Gasteiger partial charge in [0, 0.05) is 13.2 Å². The summed E-state index contributed by atoms with van der Waals surface area (Å²) in [5.74, 6) is 0. The molecule has 1 aliphatic heterocycles. The molecule has 1 unspecified atom stereocenters. The number of rotatable bonds is 43. The average Bonchev–Trinajstić information content (AvgIpc) is 3.14. The molecule has 0 saturated carbocycles. The van der Waals surface area contributed by atoms with E-state index in [4.69, 9.17) is 66.3 Å². The maximum Gasteiger partial charge on any atom is 0.157 e. The molecule has 1 rings (SSSR count). The highest BCUT2D eigenvalue weighted by atomic mass is 16.7. The summed E-state index contributed by atoms with van der Waals surface area (Å²) in [6, 6.07) is 0. The minimum Gasteiger partial charge on any atom is -0.379 e. The van der Waals surface area contributed by atoms with E-state index in [0.29, 0.717) is 159 Å². The molecule has 1 heterocycles.